The SMILES string of the molecule is CN1CCC[C@@H]1c1cc2cnc(NC(=O)c3ccc(CN4CCNCC4)cc3)cc2[nH]1. The van der Waals surface area contributed by atoms with E-state index in [1.807, 2.05) is 36.5 Å². The van der Waals surface area contributed by atoms with Crippen molar-refractivity contribution in [2.75, 3.05) is 45.1 Å². The lowest BCUT2D eigenvalue weighted by molar-refractivity contribution is 0.102. The molecule has 2 aromatic heterocycles. The van der Waals surface area contributed by atoms with E-state index in [9.17, 15) is 4.79 Å². The summed E-state index contributed by atoms with van der Waals surface area (Å²) >= 11 is 0. The van der Waals surface area contributed by atoms with Gasteiger partial charge in [0.15, 0.2) is 0 Å². The summed E-state index contributed by atoms with van der Waals surface area (Å²) < 4.78 is 0. The van der Waals surface area contributed by atoms with E-state index in [1.54, 1.807) is 0 Å². The number of carbonyl (C=O) groups is 1. The third-order valence-electron chi connectivity index (χ3n) is 6.48. The molecule has 4 heterocycles. The molecule has 2 saturated heterocycles. The number of nitrogens with one attached hydrogen (secondary N) is 3. The molecule has 2 fully saturated rings. The number of carbonyl (C=O) groups excluding carboxylic acids is 1. The van der Waals surface area contributed by atoms with E-state index < -0.39 is 0 Å². The van der Waals surface area contributed by atoms with Gasteiger partial charge in [0.2, 0.25) is 0 Å². The first-order valence-electron chi connectivity index (χ1n) is 11.2. The third kappa shape index (κ3) is 4.49. The van der Waals surface area contributed by atoms with E-state index in [0.29, 0.717) is 17.4 Å². The molecular weight excluding hydrogens is 388 g/mol. The molecule has 7 heteroatoms. The number of rotatable bonds is 5. The first-order chi connectivity index (χ1) is 15.2. The van der Waals surface area contributed by atoms with Gasteiger partial charge in [-0.25, -0.2) is 4.98 Å². The van der Waals surface area contributed by atoms with E-state index in [0.717, 1.165) is 50.2 Å². The van der Waals surface area contributed by atoms with E-state index in [-0.39, 0.29) is 5.91 Å². The molecule has 0 unspecified atom stereocenters. The molecule has 3 aromatic rings. The van der Waals surface area contributed by atoms with Gasteiger partial charge < -0.3 is 15.6 Å². The molecule has 0 aliphatic carbocycles. The zero-order chi connectivity index (χ0) is 21.2. The number of hydrogen-bond donors (Lipinski definition) is 3. The molecule has 1 atom stereocenters. The van der Waals surface area contributed by atoms with Crippen molar-refractivity contribution < 1.29 is 4.79 Å². The van der Waals surface area contributed by atoms with E-state index in [4.69, 9.17) is 0 Å². The monoisotopic (exact) mass is 418 g/mol. The lowest BCUT2D eigenvalue weighted by atomic mass is 10.1. The molecule has 5 rings (SSSR count). The molecule has 0 bridgehead atoms. The summed E-state index contributed by atoms with van der Waals surface area (Å²) in [5.74, 6) is 0.429. The fraction of sp³-hybridized carbons (Fsp3) is 0.417. The Bertz CT molecular complexity index is 1050. The first kappa shape index (κ1) is 20.2. The van der Waals surface area contributed by atoms with E-state index >= 15 is 0 Å². The van der Waals surface area contributed by atoms with Crippen LogP contribution in [0.2, 0.25) is 0 Å². The highest BCUT2D eigenvalue weighted by Gasteiger charge is 2.24. The van der Waals surface area contributed by atoms with Crippen LogP contribution in [-0.4, -0.2) is 65.4 Å². The van der Waals surface area contributed by atoms with Gasteiger partial charge in [-0.3, -0.25) is 14.6 Å². The second kappa shape index (κ2) is 8.78. The van der Waals surface area contributed by atoms with Crippen LogP contribution in [0.25, 0.3) is 10.9 Å². The van der Waals surface area contributed by atoms with E-state index in [1.165, 1.54) is 24.1 Å². The summed E-state index contributed by atoms with van der Waals surface area (Å²) in [5, 5.41) is 7.39. The normalized spacial score (nSPS) is 20.4. The van der Waals surface area contributed by atoms with Gasteiger partial charge in [0, 0.05) is 67.7 Å². The van der Waals surface area contributed by atoms with E-state index in [2.05, 4.69) is 43.5 Å². The number of nitrogens with zero attached hydrogens (tertiary/aromatic N) is 3. The minimum Gasteiger partial charge on any atom is -0.357 e. The Labute approximate surface area is 182 Å². The zero-order valence-corrected chi connectivity index (χ0v) is 18.0. The zero-order valence-electron chi connectivity index (χ0n) is 18.0. The van der Waals surface area contributed by atoms with Crippen LogP contribution in [0.5, 0.6) is 0 Å². The topological polar surface area (TPSA) is 76.3 Å². The molecular formula is C24H30N6O. The van der Waals surface area contributed by atoms with Crippen molar-refractivity contribution in [1.29, 1.82) is 0 Å². The van der Waals surface area contributed by atoms with Crippen molar-refractivity contribution in [3.63, 3.8) is 0 Å². The van der Waals surface area contributed by atoms with Gasteiger partial charge in [-0.2, -0.15) is 0 Å². The summed E-state index contributed by atoms with van der Waals surface area (Å²) in [6.45, 7) is 6.26. The first-order valence-corrected chi connectivity index (χ1v) is 11.2. The Balaban J connectivity index is 1.25. The van der Waals surface area contributed by atoms with Crippen LogP contribution in [0, 0.1) is 0 Å². The maximum Gasteiger partial charge on any atom is 0.256 e. The Morgan fingerprint density at radius 1 is 1.16 bits per heavy atom. The maximum atomic E-state index is 12.7. The molecule has 0 spiro atoms. The third-order valence-corrected chi connectivity index (χ3v) is 6.48. The van der Waals surface area contributed by atoms with Crippen LogP contribution in [-0.2, 0) is 6.54 Å². The second-order valence-corrected chi connectivity index (χ2v) is 8.70. The van der Waals surface area contributed by atoms with Crippen molar-refractivity contribution in [2.45, 2.75) is 25.4 Å². The quantitative estimate of drug-likeness (QED) is 0.594. The molecule has 1 amide bonds. The molecule has 2 aliphatic rings. The number of aromatic nitrogens is 2. The second-order valence-electron chi connectivity index (χ2n) is 8.70. The average molecular weight is 419 g/mol. The van der Waals surface area contributed by atoms with Gasteiger partial charge in [0.25, 0.3) is 5.91 Å². The molecule has 162 valence electrons. The van der Waals surface area contributed by atoms with Gasteiger partial charge in [-0.15, -0.1) is 0 Å². The number of benzene rings is 1. The van der Waals surface area contributed by atoms with Crippen LogP contribution in [0.3, 0.4) is 0 Å². The number of anilines is 1. The number of pyridine rings is 1. The predicted molar refractivity (Wildman–Crippen MR) is 123 cm³/mol. The number of hydrogen-bond acceptors (Lipinski definition) is 5. The summed E-state index contributed by atoms with van der Waals surface area (Å²) in [6, 6.07) is 12.4. The van der Waals surface area contributed by atoms with Crippen molar-refractivity contribution in [2.24, 2.45) is 0 Å². The van der Waals surface area contributed by atoms with Crippen LogP contribution < -0.4 is 10.6 Å². The number of aromatic amines is 1. The van der Waals surface area contributed by atoms with Crippen molar-refractivity contribution in [3.05, 3.63) is 59.4 Å². The minimum atomic E-state index is -0.136. The lowest BCUT2D eigenvalue weighted by Gasteiger charge is -2.27. The van der Waals surface area contributed by atoms with Crippen LogP contribution in [0.4, 0.5) is 5.82 Å². The van der Waals surface area contributed by atoms with Gasteiger partial charge >= 0.3 is 0 Å². The maximum absolute atomic E-state index is 12.7. The fourth-order valence-electron chi connectivity index (χ4n) is 4.68. The molecule has 0 saturated carbocycles. The van der Waals surface area contributed by atoms with Crippen molar-refractivity contribution in [1.82, 2.24) is 25.1 Å². The number of likely N-dealkylation sites (tertiary alicyclic amines) is 1. The smallest absolute Gasteiger partial charge is 0.256 e. The van der Waals surface area contributed by atoms with Gasteiger partial charge in [-0.05, 0) is 50.2 Å². The van der Waals surface area contributed by atoms with Crippen molar-refractivity contribution >= 4 is 22.6 Å². The summed E-state index contributed by atoms with van der Waals surface area (Å²) in [4.78, 5) is 25.5. The van der Waals surface area contributed by atoms with Crippen LogP contribution in [0.15, 0.2) is 42.6 Å². The largest absolute Gasteiger partial charge is 0.357 e. The van der Waals surface area contributed by atoms with Crippen LogP contribution in [0.1, 0.15) is 40.5 Å². The molecule has 7 nitrogen and oxygen atoms in total. The minimum absolute atomic E-state index is 0.136. The molecule has 3 N–H and O–H groups in total. The standard InChI is InChI=1S/C24H30N6O/c1-29-10-2-3-22(29)21-13-19-15-26-23(14-20(19)27-21)28-24(31)18-6-4-17(5-7-18)16-30-11-8-25-9-12-30/h4-7,13-15,22,25,27H,2-3,8-12,16H2,1H3,(H,26,28,31)/t22-/m1/s1. The highest BCUT2D eigenvalue weighted by Crippen LogP contribution is 2.32. The van der Waals surface area contributed by atoms with Gasteiger partial charge in [-0.1, -0.05) is 12.1 Å². The van der Waals surface area contributed by atoms with Gasteiger partial charge in [0.05, 0.1) is 5.52 Å². The number of piperazine rings is 1. The van der Waals surface area contributed by atoms with Crippen molar-refractivity contribution in [3.8, 4) is 0 Å². The fourth-order valence-corrected chi connectivity index (χ4v) is 4.68. The lowest BCUT2D eigenvalue weighted by Crippen LogP contribution is -2.42. The number of H-pyrrole nitrogens is 1. The molecule has 0 radical (unpaired) electrons. The Morgan fingerprint density at radius 3 is 2.71 bits per heavy atom. The summed E-state index contributed by atoms with van der Waals surface area (Å²) in [6.07, 6.45) is 4.23. The highest BCUT2D eigenvalue weighted by atomic mass is 16.1. The molecule has 2 aliphatic heterocycles. The summed E-state index contributed by atoms with van der Waals surface area (Å²) in [7, 11) is 2.17. The number of amides is 1. The van der Waals surface area contributed by atoms with Crippen LogP contribution >= 0.6 is 0 Å². The van der Waals surface area contributed by atoms with Gasteiger partial charge in [0.1, 0.15) is 5.82 Å². The average Bonchev–Trinajstić information content (AvgIpc) is 3.40. The number of fused-ring (bicyclic) bond motifs is 1. The Hall–Kier alpha value is -2.74. The Morgan fingerprint density at radius 2 is 1.97 bits per heavy atom. The molecule has 31 heavy (non-hydrogen) atoms. The summed E-state index contributed by atoms with van der Waals surface area (Å²) in [5.41, 5.74) is 4.10. The predicted octanol–water partition coefficient (Wildman–Crippen LogP) is 2.99. The Kier molecular flexibility index (Phi) is 5.72. The molecule has 1 aromatic carbocycles. The highest BCUT2D eigenvalue weighted by molar-refractivity contribution is 6.04.